The number of Topliss-reactive ketones (excluding diaryl/α,β-unsaturated/α-hetero) is 2. The number of ketones is 2. The van der Waals surface area contributed by atoms with E-state index in [9.17, 15) is 23.2 Å². The van der Waals surface area contributed by atoms with Crippen LogP contribution in [0, 0.1) is 23.5 Å². The van der Waals surface area contributed by atoms with Crippen molar-refractivity contribution in [2.75, 3.05) is 0 Å². The van der Waals surface area contributed by atoms with Crippen LogP contribution in [0.4, 0.5) is 13.6 Å². The molecule has 0 heterocycles. The number of nitrogens with one attached hydrogen (secondary N) is 1. The summed E-state index contributed by atoms with van der Waals surface area (Å²) in [6, 6.07) is 10.4. The summed E-state index contributed by atoms with van der Waals surface area (Å²) in [6.45, 7) is 8.53. The molecule has 0 fully saturated rings. The number of hydrogen-bond donors (Lipinski definition) is 1. The highest BCUT2D eigenvalue weighted by Gasteiger charge is 2.37. The van der Waals surface area contributed by atoms with Crippen LogP contribution in [0.2, 0.25) is 0 Å². The predicted octanol–water partition coefficient (Wildman–Crippen LogP) is 5.12. The summed E-state index contributed by atoms with van der Waals surface area (Å²) in [5.41, 5.74) is -0.451. The van der Waals surface area contributed by atoms with Gasteiger partial charge in [-0.3, -0.25) is 9.59 Å². The van der Waals surface area contributed by atoms with Crippen LogP contribution in [0.1, 0.15) is 50.5 Å². The van der Waals surface area contributed by atoms with Crippen molar-refractivity contribution in [3.8, 4) is 0 Å². The minimum Gasteiger partial charge on any atom is -0.444 e. The number of amides is 1. The van der Waals surface area contributed by atoms with Crippen molar-refractivity contribution in [3.05, 3.63) is 71.3 Å². The van der Waals surface area contributed by atoms with Crippen LogP contribution in [-0.4, -0.2) is 29.3 Å². The number of carbonyl (C=O) groups excluding carboxylic acids is 3. The van der Waals surface area contributed by atoms with Gasteiger partial charge in [0.2, 0.25) is 0 Å². The van der Waals surface area contributed by atoms with E-state index in [1.165, 1.54) is 0 Å². The Morgan fingerprint density at radius 3 is 2.16 bits per heavy atom. The van der Waals surface area contributed by atoms with Crippen molar-refractivity contribution in [1.82, 2.24) is 5.32 Å². The molecule has 0 aromatic heterocycles. The Bertz CT molecular complexity index is 968. The van der Waals surface area contributed by atoms with E-state index in [-0.39, 0.29) is 17.9 Å². The van der Waals surface area contributed by atoms with Gasteiger partial charge in [-0.15, -0.1) is 0 Å². The molecule has 0 aliphatic heterocycles. The maximum atomic E-state index is 14.4. The van der Waals surface area contributed by atoms with Gasteiger partial charge in [0.25, 0.3) is 0 Å². The highest BCUT2D eigenvalue weighted by atomic mass is 19.1. The summed E-state index contributed by atoms with van der Waals surface area (Å²) in [6.07, 6.45) is -0.780. The number of alkyl carbamates (subject to hydrolysis) is 1. The first kappa shape index (κ1) is 25.2. The van der Waals surface area contributed by atoms with Crippen molar-refractivity contribution in [2.24, 2.45) is 11.8 Å². The van der Waals surface area contributed by atoms with E-state index in [2.05, 4.69) is 5.32 Å². The Kier molecular flexibility index (Phi) is 8.25. The topological polar surface area (TPSA) is 72.5 Å². The van der Waals surface area contributed by atoms with E-state index in [4.69, 9.17) is 4.74 Å². The molecule has 1 amide bonds. The molecular formula is C25H29F2NO4. The third-order valence-corrected chi connectivity index (χ3v) is 4.78. The molecule has 5 nitrogen and oxygen atoms in total. The van der Waals surface area contributed by atoms with Crippen LogP contribution >= 0.6 is 0 Å². The number of halogens is 2. The minimum absolute atomic E-state index is 0.00847. The third-order valence-electron chi connectivity index (χ3n) is 4.78. The first-order valence-corrected chi connectivity index (χ1v) is 10.5. The molecule has 172 valence electrons. The maximum Gasteiger partial charge on any atom is 0.408 e. The molecule has 2 aromatic carbocycles. The molecule has 2 atom stereocenters. The van der Waals surface area contributed by atoms with Gasteiger partial charge in [0.05, 0.1) is 17.5 Å². The van der Waals surface area contributed by atoms with E-state index in [1.54, 1.807) is 65.0 Å². The molecule has 7 heteroatoms. The predicted molar refractivity (Wildman–Crippen MR) is 117 cm³/mol. The van der Waals surface area contributed by atoms with Crippen LogP contribution in [0.5, 0.6) is 0 Å². The molecular weight excluding hydrogens is 416 g/mol. The fraction of sp³-hybridized carbons (Fsp3) is 0.400. The molecule has 0 saturated carbocycles. The first-order valence-electron chi connectivity index (χ1n) is 10.5. The summed E-state index contributed by atoms with van der Waals surface area (Å²) in [4.78, 5) is 39.1. The summed E-state index contributed by atoms with van der Waals surface area (Å²) in [5, 5.41) is 2.55. The van der Waals surface area contributed by atoms with Gasteiger partial charge >= 0.3 is 6.09 Å². The molecule has 0 bridgehead atoms. The summed E-state index contributed by atoms with van der Waals surface area (Å²) >= 11 is 0. The van der Waals surface area contributed by atoms with Crippen molar-refractivity contribution < 1.29 is 27.9 Å². The van der Waals surface area contributed by atoms with Gasteiger partial charge in [0, 0.05) is 6.07 Å². The standard InChI is InChI=1S/C25H29F2NO4/c1-15(2)21(28-24(31)32-25(3,4)5)23(30)19(13-16-9-7-6-8-10-16)22(29)18-12-11-17(26)14-20(18)27/h6-12,14-15,19,21H,13H2,1-5H3,(H,28,31)/t19?,21-/m1/s1. The normalized spacial score (nSPS) is 13.4. The van der Waals surface area contributed by atoms with Gasteiger partial charge in [-0.1, -0.05) is 44.2 Å². The monoisotopic (exact) mass is 445 g/mol. The van der Waals surface area contributed by atoms with Gasteiger partial charge in [-0.2, -0.15) is 0 Å². The lowest BCUT2D eigenvalue weighted by molar-refractivity contribution is -0.124. The lowest BCUT2D eigenvalue weighted by atomic mass is 9.82. The minimum atomic E-state index is -1.28. The number of rotatable bonds is 8. The molecule has 1 unspecified atom stereocenters. The van der Waals surface area contributed by atoms with Gasteiger partial charge in [0.15, 0.2) is 11.6 Å². The molecule has 0 aliphatic carbocycles. The lowest BCUT2D eigenvalue weighted by Crippen LogP contribution is -2.50. The fourth-order valence-electron chi connectivity index (χ4n) is 3.27. The molecule has 1 N–H and O–H groups in total. The quantitative estimate of drug-likeness (QED) is 0.452. The Labute approximate surface area is 187 Å². The fourth-order valence-corrected chi connectivity index (χ4v) is 3.27. The molecule has 0 radical (unpaired) electrons. The van der Waals surface area contributed by atoms with E-state index in [1.807, 2.05) is 0 Å². The van der Waals surface area contributed by atoms with E-state index < -0.39 is 46.9 Å². The average molecular weight is 446 g/mol. The SMILES string of the molecule is CC(C)[C@@H](NC(=O)OC(C)(C)C)C(=O)C(Cc1ccccc1)C(=O)c1ccc(F)cc1F. The van der Waals surface area contributed by atoms with Crippen molar-refractivity contribution in [3.63, 3.8) is 0 Å². The second-order valence-electron chi connectivity index (χ2n) is 9.00. The molecule has 2 aromatic rings. The smallest absolute Gasteiger partial charge is 0.408 e. The van der Waals surface area contributed by atoms with Crippen LogP contribution in [0.25, 0.3) is 0 Å². The average Bonchev–Trinajstić information content (AvgIpc) is 2.68. The lowest BCUT2D eigenvalue weighted by Gasteiger charge is -2.27. The Hall–Kier alpha value is -3.09. The highest BCUT2D eigenvalue weighted by molar-refractivity contribution is 6.12. The van der Waals surface area contributed by atoms with E-state index in [0.717, 1.165) is 12.1 Å². The van der Waals surface area contributed by atoms with Gasteiger partial charge < -0.3 is 10.1 Å². The zero-order chi connectivity index (χ0) is 24.1. The maximum absolute atomic E-state index is 14.4. The van der Waals surface area contributed by atoms with Gasteiger partial charge in [-0.05, 0) is 50.8 Å². The van der Waals surface area contributed by atoms with Crippen LogP contribution in [0.15, 0.2) is 48.5 Å². The van der Waals surface area contributed by atoms with Gasteiger partial charge in [-0.25, -0.2) is 13.6 Å². The van der Waals surface area contributed by atoms with Crippen molar-refractivity contribution >= 4 is 17.7 Å². The molecule has 0 saturated heterocycles. The highest BCUT2D eigenvalue weighted by Crippen LogP contribution is 2.22. The molecule has 32 heavy (non-hydrogen) atoms. The molecule has 0 aliphatic rings. The Morgan fingerprint density at radius 1 is 1.00 bits per heavy atom. The number of benzene rings is 2. The van der Waals surface area contributed by atoms with Gasteiger partial charge in [0.1, 0.15) is 17.2 Å². The Morgan fingerprint density at radius 2 is 1.62 bits per heavy atom. The zero-order valence-electron chi connectivity index (χ0n) is 18.9. The van der Waals surface area contributed by atoms with Crippen LogP contribution < -0.4 is 5.32 Å². The van der Waals surface area contributed by atoms with Crippen molar-refractivity contribution in [2.45, 2.75) is 52.7 Å². The number of hydrogen-bond acceptors (Lipinski definition) is 4. The van der Waals surface area contributed by atoms with Crippen molar-refractivity contribution in [1.29, 1.82) is 0 Å². The van der Waals surface area contributed by atoms with E-state index in [0.29, 0.717) is 11.6 Å². The number of carbonyl (C=O) groups is 3. The first-order chi connectivity index (χ1) is 14.9. The second kappa shape index (κ2) is 10.5. The summed E-state index contributed by atoms with van der Waals surface area (Å²) < 4.78 is 33.0. The second-order valence-corrected chi connectivity index (χ2v) is 9.00. The van der Waals surface area contributed by atoms with Crippen LogP contribution in [-0.2, 0) is 16.0 Å². The van der Waals surface area contributed by atoms with Crippen LogP contribution in [0.3, 0.4) is 0 Å². The third kappa shape index (κ3) is 6.97. The Balaban J connectivity index is 2.40. The zero-order valence-corrected chi connectivity index (χ0v) is 18.9. The molecule has 2 rings (SSSR count). The summed E-state index contributed by atoms with van der Waals surface area (Å²) in [5.74, 6) is -4.84. The van der Waals surface area contributed by atoms with E-state index >= 15 is 0 Å². The molecule has 0 spiro atoms. The largest absolute Gasteiger partial charge is 0.444 e. The number of ether oxygens (including phenoxy) is 1. The summed E-state index contributed by atoms with van der Waals surface area (Å²) in [7, 11) is 0.